The van der Waals surface area contributed by atoms with Gasteiger partial charge in [0.2, 0.25) is 5.91 Å². The molecular formula is C18H19FN4O. The number of hydrogen-bond acceptors (Lipinski definition) is 4. The van der Waals surface area contributed by atoms with Gasteiger partial charge in [0.15, 0.2) is 0 Å². The highest BCUT2D eigenvalue weighted by molar-refractivity contribution is 5.92. The Morgan fingerprint density at radius 1 is 1.38 bits per heavy atom. The lowest BCUT2D eigenvalue weighted by Gasteiger charge is -2.23. The number of nitrogens with one attached hydrogen (secondary N) is 1. The Bertz CT molecular complexity index is 762. The van der Waals surface area contributed by atoms with Crippen LogP contribution in [-0.2, 0) is 4.79 Å². The molecule has 1 aromatic heterocycles. The number of aromatic nitrogens is 2. The van der Waals surface area contributed by atoms with Crippen LogP contribution in [0.5, 0.6) is 0 Å². The summed E-state index contributed by atoms with van der Waals surface area (Å²) in [5.74, 6) is 0.193. The maximum Gasteiger partial charge on any atom is 0.247 e. The highest BCUT2D eigenvalue weighted by Crippen LogP contribution is 2.31. The van der Waals surface area contributed by atoms with E-state index in [1.54, 1.807) is 42.5 Å². The number of likely N-dealkylation sites (tertiary alicyclic amines) is 1. The molecule has 1 aromatic carbocycles. The van der Waals surface area contributed by atoms with Crippen molar-refractivity contribution in [2.45, 2.75) is 18.9 Å². The van der Waals surface area contributed by atoms with Crippen molar-refractivity contribution in [3.63, 3.8) is 0 Å². The van der Waals surface area contributed by atoms with Crippen LogP contribution in [0.1, 0.15) is 30.1 Å². The average Bonchev–Trinajstić information content (AvgIpc) is 3.11. The summed E-state index contributed by atoms with van der Waals surface area (Å²) < 4.78 is 13.6. The van der Waals surface area contributed by atoms with Crippen LogP contribution in [0.4, 0.5) is 10.2 Å². The Kier molecular flexibility index (Phi) is 4.84. The summed E-state index contributed by atoms with van der Waals surface area (Å²) in [6, 6.07) is 6.29. The molecule has 1 amide bonds. The molecule has 1 aliphatic heterocycles. The number of carbonyl (C=O) groups is 1. The molecule has 0 spiro atoms. The topological polar surface area (TPSA) is 58.1 Å². The van der Waals surface area contributed by atoms with E-state index in [0.29, 0.717) is 17.9 Å². The van der Waals surface area contributed by atoms with Crippen LogP contribution in [0.15, 0.2) is 42.7 Å². The van der Waals surface area contributed by atoms with Crippen LogP contribution in [0.25, 0.3) is 6.08 Å². The van der Waals surface area contributed by atoms with Crippen LogP contribution >= 0.6 is 0 Å². The van der Waals surface area contributed by atoms with Gasteiger partial charge in [-0.05, 0) is 25.0 Å². The summed E-state index contributed by atoms with van der Waals surface area (Å²) in [6.07, 6.45) is 8.03. The molecule has 124 valence electrons. The van der Waals surface area contributed by atoms with E-state index < -0.39 is 0 Å². The first-order chi connectivity index (χ1) is 11.7. The molecule has 5 nitrogen and oxygen atoms in total. The molecule has 1 aliphatic rings. The van der Waals surface area contributed by atoms with E-state index in [-0.39, 0.29) is 17.8 Å². The summed E-state index contributed by atoms with van der Waals surface area (Å²) in [7, 11) is 1.78. The predicted octanol–water partition coefficient (Wildman–Crippen LogP) is 3.03. The van der Waals surface area contributed by atoms with Gasteiger partial charge in [-0.2, -0.15) is 0 Å². The van der Waals surface area contributed by atoms with Gasteiger partial charge in [0.1, 0.15) is 11.6 Å². The molecule has 1 atom stereocenters. The summed E-state index contributed by atoms with van der Waals surface area (Å²) >= 11 is 0. The first-order valence-electron chi connectivity index (χ1n) is 7.92. The highest BCUT2D eigenvalue weighted by atomic mass is 19.1. The molecule has 0 saturated carbocycles. The van der Waals surface area contributed by atoms with Crippen LogP contribution in [0, 0.1) is 5.82 Å². The van der Waals surface area contributed by atoms with Crippen molar-refractivity contribution < 1.29 is 9.18 Å². The van der Waals surface area contributed by atoms with E-state index >= 15 is 0 Å². The molecule has 1 saturated heterocycles. The minimum atomic E-state index is -0.341. The van der Waals surface area contributed by atoms with Crippen LogP contribution < -0.4 is 5.32 Å². The summed E-state index contributed by atoms with van der Waals surface area (Å²) in [5.41, 5.74) is 1.17. The Labute approximate surface area is 140 Å². The quantitative estimate of drug-likeness (QED) is 0.878. The monoisotopic (exact) mass is 326 g/mol. The number of nitrogens with zero attached hydrogens (tertiary/aromatic N) is 3. The number of benzene rings is 1. The van der Waals surface area contributed by atoms with Gasteiger partial charge in [-0.3, -0.25) is 9.78 Å². The van der Waals surface area contributed by atoms with Crippen molar-refractivity contribution >= 4 is 17.8 Å². The number of halogens is 1. The molecule has 1 fully saturated rings. The van der Waals surface area contributed by atoms with Gasteiger partial charge in [0, 0.05) is 25.2 Å². The normalized spacial score (nSPS) is 17.4. The van der Waals surface area contributed by atoms with E-state index in [9.17, 15) is 9.18 Å². The van der Waals surface area contributed by atoms with Crippen molar-refractivity contribution in [3.05, 3.63) is 59.8 Å². The second-order valence-corrected chi connectivity index (χ2v) is 5.62. The maximum atomic E-state index is 13.6. The number of anilines is 1. The van der Waals surface area contributed by atoms with Gasteiger partial charge in [0.05, 0.1) is 24.1 Å². The molecule has 2 aromatic rings. The van der Waals surface area contributed by atoms with Gasteiger partial charge in [-0.1, -0.05) is 18.2 Å². The zero-order chi connectivity index (χ0) is 16.9. The number of amides is 1. The van der Waals surface area contributed by atoms with Crippen molar-refractivity contribution in [1.29, 1.82) is 0 Å². The summed E-state index contributed by atoms with van der Waals surface area (Å²) in [5, 5.41) is 2.96. The Hall–Kier alpha value is -2.76. The first-order valence-corrected chi connectivity index (χ1v) is 7.92. The Balaban J connectivity index is 1.77. The minimum Gasteiger partial charge on any atom is -0.372 e. The van der Waals surface area contributed by atoms with Crippen molar-refractivity contribution in [2.24, 2.45) is 0 Å². The zero-order valence-corrected chi connectivity index (χ0v) is 13.4. The third kappa shape index (κ3) is 3.42. The Morgan fingerprint density at radius 2 is 2.21 bits per heavy atom. The van der Waals surface area contributed by atoms with E-state index in [0.717, 1.165) is 18.5 Å². The fraction of sp³-hybridized carbons (Fsp3) is 0.278. The second-order valence-electron chi connectivity index (χ2n) is 5.62. The molecule has 2 heterocycles. The third-order valence-electron chi connectivity index (χ3n) is 4.10. The predicted molar refractivity (Wildman–Crippen MR) is 90.7 cm³/mol. The van der Waals surface area contributed by atoms with Crippen LogP contribution in [0.3, 0.4) is 0 Å². The number of carbonyl (C=O) groups excluding carboxylic acids is 1. The second kappa shape index (κ2) is 7.21. The lowest BCUT2D eigenvalue weighted by Crippen LogP contribution is -2.29. The molecular weight excluding hydrogens is 307 g/mol. The molecule has 3 rings (SSSR count). The molecule has 1 N–H and O–H groups in total. The lowest BCUT2D eigenvalue weighted by molar-refractivity contribution is -0.126. The highest BCUT2D eigenvalue weighted by Gasteiger charge is 2.30. The molecule has 0 aliphatic carbocycles. The van der Waals surface area contributed by atoms with E-state index in [1.807, 2.05) is 0 Å². The van der Waals surface area contributed by atoms with Crippen LogP contribution in [-0.4, -0.2) is 34.4 Å². The van der Waals surface area contributed by atoms with Crippen molar-refractivity contribution in [2.75, 3.05) is 18.9 Å². The van der Waals surface area contributed by atoms with Gasteiger partial charge in [-0.25, -0.2) is 9.37 Å². The number of hydrogen-bond donors (Lipinski definition) is 1. The van der Waals surface area contributed by atoms with Crippen molar-refractivity contribution in [1.82, 2.24) is 14.9 Å². The molecule has 1 unspecified atom stereocenters. The molecule has 6 heteroatoms. The fourth-order valence-electron chi connectivity index (χ4n) is 2.87. The standard InChI is InChI=1S/C18H19FN4O/c1-20-17-12-21-11-15(22-17)16-7-4-10-23(16)18(24)9-8-13-5-2-3-6-14(13)19/h2-3,5-6,8-9,11-12,16H,4,7,10H2,1H3,(H,20,22). The van der Waals surface area contributed by atoms with E-state index in [4.69, 9.17) is 0 Å². The Morgan fingerprint density at radius 3 is 3.00 bits per heavy atom. The smallest absolute Gasteiger partial charge is 0.247 e. The summed E-state index contributed by atoms with van der Waals surface area (Å²) in [4.78, 5) is 22.9. The summed E-state index contributed by atoms with van der Waals surface area (Å²) in [6.45, 7) is 0.663. The first kappa shape index (κ1) is 16.1. The molecule has 0 bridgehead atoms. The van der Waals surface area contributed by atoms with Crippen LogP contribution in [0.2, 0.25) is 0 Å². The largest absolute Gasteiger partial charge is 0.372 e. The third-order valence-corrected chi connectivity index (χ3v) is 4.10. The van der Waals surface area contributed by atoms with Gasteiger partial charge >= 0.3 is 0 Å². The van der Waals surface area contributed by atoms with E-state index in [2.05, 4.69) is 15.3 Å². The van der Waals surface area contributed by atoms with Gasteiger partial charge in [0.25, 0.3) is 0 Å². The maximum absolute atomic E-state index is 13.6. The van der Waals surface area contributed by atoms with Gasteiger partial charge < -0.3 is 10.2 Å². The van der Waals surface area contributed by atoms with Crippen molar-refractivity contribution in [3.8, 4) is 0 Å². The van der Waals surface area contributed by atoms with E-state index in [1.165, 1.54) is 18.2 Å². The minimum absolute atomic E-state index is 0.0939. The molecule has 24 heavy (non-hydrogen) atoms. The molecule has 0 radical (unpaired) electrons. The van der Waals surface area contributed by atoms with Gasteiger partial charge in [-0.15, -0.1) is 0 Å². The zero-order valence-electron chi connectivity index (χ0n) is 13.4. The lowest BCUT2D eigenvalue weighted by atomic mass is 10.1. The number of rotatable bonds is 4. The average molecular weight is 326 g/mol. The SMILES string of the molecule is CNc1cncc(C2CCCN2C(=O)C=Cc2ccccc2F)n1. The fourth-order valence-corrected chi connectivity index (χ4v) is 2.87.